The van der Waals surface area contributed by atoms with Crippen LogP contribution in [0.2, 0.25) is 0 Å². The first-order chi connectivity index (χ1) is 10.0. The van der Waals surface area contributed by atoms with Crippen molar-refractivity contribution in [2.24, 2.45) is 0 Å². The molecule has 2 rings (SSSR count). The maximum absolute atomic E-state index is 11.1. The normalized spacial score (nSPS) is 10.4. The summed E-state index contributed by atoms with van der Waals surface area (Å²) in [4.78, 5) is 16.5. The quantitative estimate of drug-likeness (QED) is 0.658. The van der Waals surface area contributed by atoms with Gasteiger partial charge in [0.1, 0.15) is 5.75 Å². The van der Waals surface area contributed by atoms with Crippen molar-refractivity contribution >= 4 is 27.4 Å². The topological polar surface area (TPSA) is 79.5 Å². The fourth-order valence-electron chi connectivity index (χ4n) is 2.00. The number of nitrogens with zero attached hydrogens (tertiary/aromatic N) is 3. The van der Waals surface area contributed by atoms with Crippen molar-refractivity contribution in [3.8, 4) is 5.75 Å². The molecule has 0 radical (unpaired) electrons. The lowest BCUT2D eigenvalue weighted by Crippen LogP contribution is -2.24. The van der Waals surface area contributed by atoms with E-state index in [2.05, 4.69) is 20.9 Å². The van der Waals surface area contributed by atoms with E-state index in [0.29, 0.717) is 24.5 Å². The molecule has 0 aliphatic carbocycles. The number of halogens is 1. The summed E-state index contributed by atoms with van der Waals surface area (Å²) in [6.07, 6.45) is 1.52. The molecule has 0 fully saturated rings. The fraction of sp³-hybridized carbons (Fsp3) is 0.214. The summed E-state index contributed by atoms with van der Waals surface area (Å²) in [6.45, 7) is 2.75. The second-order valence-electron chi connectivity index (χ2n) is 4.39. The number of aromatic hydroxyl groups is 1. The smallest absolute Gasteiger partial charge is 0.311 e. The van der Waals surface area contributed by atoms with Crippen molar-refractivity contribution in [2.45, 2.75) is 13.5 Å². The highest BCUT2D eigenvalue weighted by molar-refractivity contribution is 9.10. The first kappa shape index (κ1) is 15.2. The molecule has 110 valence electrons. The van der Waals surface area contributed by atoms with Gasteiger partial charge in [-0.3, -0.25) is 10.1 Å². The fourth-order valence-corrected chi connectivity index (χ4v) is 2.41. The molecular formula is C14H14BrN3O3. The molecule has 0 saturated carbocycles. The van der Waals surface area contributed by atoms with Crippen molar-refractivity contribution in [3.05, 3.63) is 56.7 Å². The second kappa shape index (κ2) is 6.53. The molecule has 7 heteroatoms. The summed E-state index contributed by atoms with van der Waals surface area (Å²) >= 11 is 3.35. The van der Waals surface area contributed by atoms with Crippen LogP contribution in [0.4, 0.5) is 11.5 Å². The van der Waals surface area contributed by atoms with Crippen LogP contribution in [0.5, 0.6) is 5.75 Å². The zero-order valence-electron chi connectivity index (χ0n) is 11.4. The van der Waals surface area contributed by atoms with Crippen LogP contribution in [0, 0.1) is 10.1 Å². The summed E-state index contributed by atoms with van der Waals surface area (Å²) in [5.74, 6) is 0.444. The molecule has 1 aromatic heterocycles. The molecule has 21 heavy (non-hydrogen) atoms. The Balaban J connectivity index is 2.37. The van der Waals surface area contributed by atoms with Crippen LogP contribution >= 0.6 is 15.9 Å². The van der Waals surface area contributed by atoms with Gasteiger partial charge in [0, 0.05) is 35.4 Å². The van der Waals surface area contributed by atoms with E-state index in [1.54, 1.807) is 23.1 Å². The Kier molecular flexibility index (Phi) is 4.74. The summed E-state index contributed by atoms with van der Waals surface area (Å²) in [5.41, 5.74) is 0.625. The van der Waals surface area contributed by atoms with Crippen LogP contribution in [0.3, 0.4) is 0 Å². The van der Waals surface area contributed by atoms with Crippen molar-refractivity contribution in [2.75, 3.05) is 11.4 Å². The zero-order chi connectivity index (χ0) is 15.4. The number of hydrogen-bond acceptors (Lipinski definition) is 5. The van der Waals surface area contributed by atoms with Gasteiger partial charge in [-0.15, -0.1) is 0 Å². The molecule has 6 nitrogen and oxygen atoms in total. The molecule has 1 heterocycles. The predicted octanol–water partition coefficient (Wildman–Crippen LogP) is 3.48. The summed E-state index contributed by atoms with van der Waals surface area (Å²) in [6, 6.07) is 8.06. The van der Waals surface area contributed by atoms with Gasteiger partial charge in [-0.05, 0) is 31.2 Å². The molecular weight excluding hydrogens is 338 g/mol. The molecule has 0 aliphatic rings. The minimum atomic E-state index is -0.453. The first-order valence-electron chi connectivity index (χ1n) is 6.34. The van der Waals surface area contributed by atoms with E-state index in [0.717, 1.165) is 4.47 Å². The minimum absolute atomic E-state index is 0.0474. The Hall–Kier alpha value is -2.15. The molecule has 0 saturated heterocycles. The van der Waals surface area contributed by atoms with Gasteiger partial charge in [0.05, 0.1) is 4.92 Å². The van der Waals surface area contributed by atoms with Gasteiger partial charge in [-0.25, -0.2) is 4.98 Å². The van der Waals surface area contributed by atoms with E-state index in [1.807, 2.05) is 6.92 Å². The molecule has 0 spiro atoms. The SMILES string of the molecule is CCN(Cc1cc(Br)ccc1O)c1ncccc1[N+](=O)[O-]. The van der Waals surface area contributed by atoms with Crippen LogP contribution in [-0.2, 0) is 6.54 Å². The first-order valence-corrected chi connectivity index (χ1v) is 7.14. The summed E-state index contributed by atoms with van der Waals surface area (Å²) in [7, 11) is 0. The summed E-state index contributed by atoms with van der Waals surface area (Å²) in [5, 5.41) is 21.0. The number of nitro groups is 1. The molecule has 1 N–H and O–H groups in total. The van der Waals surface area contributed by atoms with Crippen molar-refractivity contribution in [1.82, 2.24) is 4.98 Å². The largest absolute Gasteiger partial charge is 0.508 e. The van der Waals surface area contributed by atoms with E-state index in [1.165, 1.54) is 18.3 Å². The van der Waals surface area contributed by atoms with Crippen LogP contribution in [-0.4, -0.2) is 21.6 Å². The van der Waals surface area contributed by atoms with E-state index in [9.17, 15) is 15.2 Å². The number of benzene rings is 1. The van der Waals surface area contributed by atoms with Gasteiger partial charge in [0.15, 0.2) is 0 Å². The minimum Gasteiger partial charge on any atom is -0.508 e. The van der Waals surface area contributed by atoms with E-state index < -0.39 is 4.92 Å². The molecule has 1 aromatic carbocycles. The molecule has 0 aliphatic heterocycles. The number of pyridine rings is 1. The number of anilines is 1. The lowest BCUT2D eigenvalue weighted by molar-refractivity contribution is -0.384. The van der Waals surface area contributed by atoms with E-state index in [4.69, 9.17) is 0 Å². The Morgan fingerprint density at radius 3 is 2.86 bits per heavy atom. The monoisotopic (exact) mass is 351 g/mol. The number of rotatable bonds is 5. The van der Waals surface area contributed by atoms with Crippen molar-refractivity contribution < 1.29 is 10.0 Å². The lowest BCUT2D eigenvalue weighted by atomic mass is 10.2. The van der Waals surface area contributed by atoms with Gasteiger partial charge in [0.25, 0.3) is 0 Å². The highest BCUT2D eigenvalue weighted by Crippen LogP contribution is 2.29. The van der Waals surface area contributed by atoms with Crippen LogP contribution in [0.25, 0.3) is 0 Å². The van der Waals surface area contributed by atoms with Gasteiger partial charge < -0.3 is 10.0 Å². The van der Waals surface area contributed by atoms with Gasteiger partial charge in [-0.2, -0.15) is 0 Å². The number of hydrogen-bond donors (Lipinski definition) is 1. The molecule has 0 unspecified atom stereocenters. The predicted molar refractivity (Wildman–Crippen MR) is 83.4 cm³/mol. The molecule has 0 atom stereocenters. The number of phenols is 1. The Bertz CT molecular complexity index is 664. The van der Waals surface area contributed by atoms with Crippen molar-refractivity contribution in [3.63, 3.8) is 0 Å². The van der Waals surface area contributed by atoms with E-state index >= 15 is 0 Å². The van der Waals surface area contributed by atoms with E-state index in [-0.39, 0.29) is 11.4 Å². The van der Waals surface area contributed by atoms with Gasteiger partial charge in [0.2, 0.25) is 5.82 Å². The third-order valence-corrected chi connectivity index (χ3v) is 3.54. The van der Waals surface area contributed by atoms with Gasteiger partial charge >= 0.3 is 5.69 Å². The zero-order valence-corrected chi connectivity index (χ0v) is 12.9. The second-order valence-corrected chi connectivity index (χ2v) is 5.31. The average molecular weight is 352 g/mol. The molecule has 0 amide bonds. The number of phenolic OH excluding ortho intramolecular Hbond substituents is 1. The average Bonchev–Trinajstić information content (AvgIpc) is 2.48. The van der Waals surface area contributed by atoms with Crippen LogP contribution in [0.15, 0.2) is 41.0 Å². The Morgan fingerprint density at radius 2 is 2.19 bits per heavy atom. The maximum atomic E-state index is 11.1. The highest BCUT2D eigenvalue weighted by Gasteiger charge is 2.20. The van der Waals surface area contributed by atoms with Crippen molar-refractivity contribution in [1.29, 1.82) is 0 Å². The standard InChI is InChI=1S/C14H14BrN3O3/c1-2-17(9-10-8-11(15)5-6-13(10)19)14-12(18(20)21)4-3-7-16-14/h3-8,19H,2,9H2,1H3. The molecule has 0 bridgehead atoms. The number of aromatic nitrogens is 1. The summed E-state index contributed by atoms with van der Waals surface area (Å²) < 4.78 is 0.835. The highest BCUT2D eigenvalue weighted by atomic mass is 79.9. The van der Waals surface area contributed by atoms with Crippen LogP contribution < -0.4 is 4.90 Å². The third-order valence-electron chi connectivity index (χ3n) is 3.05. The van der Waals surface area contributed by atoms with Crippen LogP contribution in [0.1, 0.15) is 12.5 Å². The maximum Gasteiger partial charge on any atom is 0.311 e. The Morgan fingerprint density at radius 1 is 1.43 bits per heavy atom. The van der Waals surface area contributed by atoms with Gasteiger partial charge in [-0.1, -0.05) is 15.9 Å². The lowest BCUT2D eigenvalue weighted by Gasteiger charge is -2.22. The third kappa shape index (κ3) is 3.49. The Labute approximate surface area is 130 Å². The molecule has 2 aromatic rings.